The molecule has 1 rings (SSSR count). The predicted molar refractivity (Wildman–Crippen MR) is 99.5 cm³/mol. The Labute approximate surface area is 155 Å². The van der Waals surface area contributed by atoms with Crippen LogP contribution in [0.1, 0.15) is 50.0 Å². The van der Waals surface area contributed by atoms with Gasteiger partial charge in [0, 0.05) is 19.1 Å². The molecule has 0 saturated carbocycles. The normalized spacial score (nSPS) is 12.7. The Kier molecular flexibility index (Phi) is 8.23. The molecule has 26 heavy (non-hydrogen) atoms. The fraction of sp³-hybridized carbons (Fsp3) is 0.556. The van der Waals surface area contributed by atoms with Crippen molar-refractivity contribution in [3.8, 4) is 0 Å². The highest BCUT2D eigenvalue weighted by molar-refractivity contribution is 7.89. The zero-order chi connectivity index (χ0) is 19.9. The number of sulfonamides is 1. The van der Waals surface area contributed by atoms with Crippen LogP contribution in [0.15, 0.2) is 23.1 Å². The van der Waals surface area contributed by atoms with Gasteiger partial charge in [-0.25, -0.2) is 13.2 Å². The molecule has 1 atom stereocenters. The van der Waals surface area contributed by atoms with Crippen molar-refractivity contribution in [2.24, 2.45) is 0 Å². The minimum absolute atomic E-state index is 0.00797. The fourth-order valence-corrected chi connectivity index (χ4v) is 4.05. The number of aryl methyl sites for hydroxylation is 1. The second-order valence-corrected chi connectivity index (χ2v) is 7.93. The summed E-state index contributed by atoms with van der Waals surface area (Å²) in [6.07, 6.45) is 0.768. The number of benzene rings is 1. The van der Waals surface area contributed by atoms with Crippen LogP contribution >= 0.6 is 0 Å². The SMILES string of the molecule is CC[C@H](C)NC(=O)COC(=O)c1ccc(C)c(S(=O)(=O)N(CC)CC)c1. The molecule has 1 aromatic carbocycles. The monoisotopic (exact) mass is 384 g/mol. The molecule has 0 aliphatic heterocycles. The average molecular weight is 384 g/mol. The molecule has 1 amide bonds. The van der Waals surface area contributed by atoms with E-state index in [0.717, 1.165) is 6.42 Å². The molecule has 0 saturated heterocycles. The van der Waals surface area contributed by atoms with E-state index in [9.17, 15) is 18.0 Å². The van der Waals surface area contributed by atoms with E-state index < -0.39 is 28.5 Å². The summed E-state index contributed by atoms with van der Waals surface area (Å²) in [5.74, 6) is -1.13. The Balaban J connectivity index is 2.96. The number of carbonyl (C=O) groups excluding carboxylic acids is 2. The van der Waals surface area contributed by atoms with Gasteiger partial charge in [0.2, 0.25) is 10.0 Å². The molecule has 0 unspecified atom stereocenters. The highest BCUT2D eigenvalue weighted by atomic mass is 32.2. The van der Waals surface area contributed by atoms with Gasteiger partial charge in [0.25, 0.3) is 5.91 Å². The fourth-order valence-electron chi connectivity index (χ4n) is 2.34. The molecular weight excluding hydrogens is 356 g/mol. The Morgan fingerprint density at radius 2 is 1.81 bits per heavy atom. The van der Waals surface area contributed by atoms with Crippen molar-refractivity contribution in [3.63, 3.8) is 0 Å². The van der Waals surface area contributed by atoms with Crippen LogP contribution in [-0.4, -0.2) is 50.3 Å². The summed E-state index contributed by atoms with van der Waals surface area (Å²) in [6.45, 7) is 9.23. The summed E-state index contributed by atoms with van der Waals surface area (Å²) < 4.78 is 31.8. The summed E-state index contributed by atoms with van der Waals surface area (Å²) in [4.78, 5) is 24.0. The lowest BCUT2D eigenvalue weighted by Gasteiger charge is -2.20. The van der Waals surface area contributed by atoms with Gasteiger partial charge in [-0.2, -0.15) is 4.31 Å². The maximum absolute atomic E-state index is 12.7. The van der Waals surface area contributed by atoms with E-state index in [1.165, 1.54) is 16.4 Å². The number of ether oxygens (including phenoxy) is 1. The van der Waals surface area contributed by atoms with Crippen LogP contribution in [0.5, 0.6) is 0 Å². The number of carbonyl (C=O) groups is 2. The first-order valence-electron chi connectivity index (χ1n) is 8.74. The van der Waals surface area contributed by atoms with Crippen molar-refractivity contribution < 1.29 is 22.7 Å². The van der Waals surface area contributed by atoms with E-state index >= 15 is 0 Å². The van der Waals surface area contributed by atoms with Gasteiger partial charge in [-0.1, -0.05) is 26.8 Å². The van der Waals surface area contributed by atoms with Crippen LogP contribution in [0.25, 0.3) is 0 Å². The quantitative estimate of drug-likeness (QED) is 0.658. The van der Waals surface area contributed by atoms with Gasteiger partial charge in [-0.15, -0.1) is 0 Å². The molecule has 146 valence electrons. The van der Waals surface area contributed by atoms with Crippen molar-refractivity contribution in [1.29, 1.82) is 0 Å². The molecule has 0 aliphatic carbocycles. The third-order valence-corrected chi connectivity index (χ3v) is 6.29. The molecule has 0 radical (unpaired) electrons. The van der Waals surface area contributed by atoms with E-state index in [1.54, 1.807) is 26.8 Å². The minimum Gasteiger partial charge on any atom is -0.452 e. The summed E-state index contributed by atoms with van der Waals surface area (Å²) >= 11 is 0. The Bertz CT molecular complexity index is 742. The first-order valence-corrected chi connectivity index (χ1v) is 10.2. The number of rotatable bonds is 9. The van der Waals surface area contributed by atoms with Gasteiger partial charge in [-0.3, -0.25) is 4.79 Å². The first-order chi connectivity index (χ1) is 12.2. The molecular formula is C18H28N2O5S. The predicted octanol–water partition coefficient (Wildman–Crippen LogP) is 2.10. The van der Waals surface area contributed by atoms with Gasteiger partial charge < -0.3 is 10.1 Å². The number of hydrogen-bond acceptors (Lipinski definition) is 5. The Morgan fingerprint density at radius 3 is 2.35 bits per heavy atom. The van der Waals surface area contributed by atoms with Gasteiger partial charge in [-0.05, 0) is 38.0 Å². The number of nitrogens with one attached hydrogen (secondary N) is 1. The first kappa shape index (κ1) is 22.1. The summed E-state index contributed by atoms with van der Waals surface area (Å²) in [5.41, 5.74) is 0.639. The van der Waals surface area contributed by atoms with Crippen LogP contribution in [0.3, 0.4) is 0 Å². The Hall–Kier alpha value is -1.93. The smallest absolute Gasteiger partial charge is 0.338 e. The topological polar surface area (TPSA) is 92.8 Å². The second-order valence-electron chi connectivity index (χ2n) is 6.02. The van der Waals surface area contributed by atoms with Gasteiger partial charge in [0.15, 0.2) is 6.61 Å². The van der Waals surface area contributed by atoms with E-state index in [1.807, 2.05) is 13.8 Å². The largest absolute Gasteiger partial charge is 0.452 e. The summed E-state index contributed by atoms with van der Waals surface area (Å²) in [7, 11) is -3.69. The third-order valence-electron chi connectivity index (χ3n) is 4.10. The van der Waals surface area contributed by atoms with Gasteiger partial charge >= 0.3 is 5.97 Å². The van der Waals surface area contributed by atoms with Crippen molar-refractivity contribution >= 4 is 21.9 Å². The zero-order valence-electron chi connectivity index (χ0n) is 16.0. The zero-order valence-corrected chi connectivity index (χ0v) is 16.9. The summed E-state index contributed by atoms with van der Waals surface area (Å²) in [6, 6.07) is 4.35. The average Bonchev–Trinajstić information content (AvgIpc) is 2.60. The number of amides is 1. The molecule has 0 aliphatic rings. The molecule has 7 nitrogen and oxygen atoms in total. The minimum atomic E-state index is -3.69. The lowest BCUT2D eigenvalue weighted by molar-refractivity contribution is -0.124. The van der Waals surface area contributed by atoms with E-state index in [0.29, 0.717) is 18.7 Å². The second kappa shape index (κ2) is 9.68. The van der Waals surface area contributed by atoms with Crippen LogP contribution in [-0.2, 0) is 19.6 Å². The van der Waals surface area contributed by atoms with Crippen LogP contribution < -0.4 is 5.32 Å². The lowest BCUT2D eigenvalue weighted by atomic mass is 10.1. The molecule has 0 spiro atoms. The standard InChI is InChI=1S/C18H28N2O5S/c1-6-14(5)19-17(21)12-25-18(22)15-10-9-13(4)16(11-15)26(23,24)20(7-2)8-3/h9-11,14H,6-8,12H2,1-5H3,(H,19,21)/t14-/m0/s1. The highest BCUT2D eigenvalue weighted by Gasteiger charge is 2.25. The van der Waals surface area contributed by atoms with E-state index in [4.69, 9.17) is 4.74 Å². The number of esters is 1. The van der Waals surface area contributed by atoms with Crippen LogP contribution in [0.4, 0.5) is 0 Å². The van der Waals surface area contributed by atoms with Crippen molar-refractivity contribution in [3.05, 3.63) is 29.3 Å². The van der Waals surface area contributed by atoms with Gasteiger partial charge in [0.1, 0.15) is 0 Å². The number of nitrogens with zero attached hydrogens (tertiary/aromatic N) is 1. The van der Waals surface area contributed by atoms with Crippen LogP contribution in [0.2, 0.25) is 0 Å². The third kappa shape index (κ3) is 5.54. The van der Waals surface area contributed by atoms with E-state index in [-0.39, 0.29) is 16.5 Å². The molecule has 1 aromatic rings. The van der Waals surface area contributed by atoms with Crippen molar-refractivity contribution in [2.75, 3.05) is 19.7 Å². The molecule has 0 fully saturated rings. The van der Waals surface area contributed by atoms with Crippen molar-refractivity contribution in [2.45, 2.75) is 52.0 Å². The Morgan fingerprint density at radius 1 is 1.19 bits per heavy atom. The maximum atomic E-state index is 12.7. The summed E-state index contributed by atoms with van der Waals surface area (Å²) in [5, 5.41) is 2.69. The number of hydrogen-bond donors (Lipinski definition) is 1. The van der Waals surface area contributed by atoms with Crippen LogP contribution in [0, 0.1) is 6.92 Å². The molecule has 8 heteroatoms. The van der Waals surface area contributed by atoms with Crippen molar-refractivity contribution in [1.82, 2.24) is 9.62 Å². The van der Waals surface area contributed by atoms with E-state index in [2.05, 4.69) is 5.32 Å². The lowest BCUT2D eigenvalue weighted by Crippen LogP contribution is -2.35. The maximum Gasteiger partial charge on any atom is 0.338 e. The van der Waals surface area contributed by atoms with Gasteiger partial charge in [0.05, 0.1) is 10.5 Å². The molecule has 0 aromatic heterocycles. The highest BCUT2D eigenvalue weighted by Crippen LogP contribution is 2.21. The molecule has 1 N–H and O–H groups in total. The molecule has 0 heterocycles. The molecule has 0 bridgehead atoms.